The van der Waals surface area contributed by atoms with Crippen molar-refractivity contribution in [2.45, 2.75) is 33.4 Å². The van der Waals surface area contributed by atoms with Crippen molar-refractivity contribution in [3.05, 3.63) is 11.8 Å². The fraction of sp³-hybridized carbons (Fsp3) is 0.727. The second-order valence-electron chi connectivity index (χ2n) is 4.10. The summed E-state index contributed by atoms with van der Waals surface area (Å²) in [5.41, 5.74) is 1.06. The summed E-state index contributed by atoms with van der Waals surface area (Å²) in [5, 5.41) is 4.32. The number of rotatable bonds is 3. The molecule has 1 aliphatic heterocycles. The van der Waals surface area contributed by atoms with Crippen LogP contribution in [0.15, 0.2) is 6.20 Å². The van der Waals surface area contributed by atoms with Crippen LogP contribution in [0.4, 0.5) is 0 Å². The van der Waals surface area contributed by atoms with Gasteiger partial charge in [-0.25, -0.2) is 4.68 Å². The summed E-state index contributed by atoms with van der Waals surface area (Å²) < 4.78 is 13.2. The van der Waals surface area contributed by atoms with Crippen molar-refractivity contribution < 1.29 is 9.47 Å². The third kappa shape index (κ3) is 2.00. The Kier molecular flexibility index (Phi) is 2.95. The molecule has 4 heteroatoms. The van der Waals surface area contributed by atoms with E-state index < -0.39 is 0 Å². The van der Waals surface area contributed by atoms with Crippen molar-refractivity contribution in [2.75, 3.05) is 13.2 Å². The summed E-state index contributed by atoms with van der Waals surface area (Å²) >= 11 is 0. The lowest BCUT2D eigenvalue weighted by molar-refractivity contribution is 0.0712. The van der Waals surface area contributed by atoms with Gasteiger partial charge in [0.1, 0.15) is 0 Å². The van der Waals surface area contributed by atoms with Gasteiger partial charge in [0.25, 0.3) is 0 Å². The summed E-state index contributed by atoms with van der Waals surface area (Å²) in [7, 11) is 0. The quantitative estimate of drug-likeness (QED) is 0.765. The SMILES string of the molecule is CCOC(C)c1cnn2c1OCC(C)C2. The van der Waals surface area contributed by atoms with Crippen molar-refractivity contribution >= 4 is 0 Å². The van der Waals surface area contributed by atoms with Gasteiger partial charge in [-0.1, -0.05) is 6.92 Å². The fourth-order valence-corrected chi connectivity index (χ4v) is 1.86. The molecule has 2 rings (SSSR count). The van der Waals surface area contributed by atoms with E-state index in [1.54, 1.807) is 0 Å². The summed E-state index contributed by atoms with van der Waals surface area (Å²) in [6.07, 6.45) is 1.92. The largest absolute Gasteiger partial charge is 0.477 e. The van der Waals surface area contributed by atoms with Crippen molar-refractivity contribution in [3.63, 3.8) is 0 Å². The number of hydrogen-bond donors (Lipinski definition) is 0. The Labute approximate surface area is 90.2 Å². The van der Waals surface area contributed by atoms with E-state index in [0.29, 0.717) is 12.5 Å². The van der Waals surface area contributed by atoms with E-state index in [9.17, 15) is 0 Å². The van der Waals surface area contributed by atoms with E-state index in [1.807, 2.05) is 24.7 Å². The number of hydrogen-bond acceptors (Lipinski definition) is 3. The van der Waals surface area contributed by atoms with Crippen LogP contribution >= 0.6 is 0 Å². The highest BCUT2D eigenvalue weighted by atomic mass is 16.5. The molecule has 1 aromatic rings. The molecule has 0 N–H and O–H groups in total. The molecule has 0 radical (unpaired) electrons. The first kappa shape index (κ1) is 10.5. The third-order valence-corrected chi connectivity index (χ3v) is 2.66. The highest BCUT2D eigenvalue weighted by molar-refractivity contribution is 5.27. The normalized spacial score (nSPS) is 21.9. The van der Waals surface area contributed by atoms with Crippen LogP contribution < -0.4 is 4.74 Å². The molecule has 4 nitrogen and oxygen atoms in total. The summed E-state index contributed by atoms with van der Waals surface area (Å²) in [6, 6.07) is 0. The van der Waals surface area contributed by atoms with Crippen LogP contribution in [-0.4, -0.2) is 23.0 Å². The monoisotopic (exact) mass is 210 g/mol. The maximum absolute atomic E-state index is 5.69. The molecule has 0 aromatic carbocycles. The van der Waals surface area contributed by atoms with Gasteiger partial charge in [-0.2, -0.15) is 5.10 Å². The van der Waals surface area contributed by atoms with Gasteiger partial charge in [0.15, 0.2) is 0 Å². The molecule has 0 amide bonds. The van der Waals surface area contributed by atoms with Gasteiger partial charge in [0.2, 0.25) is 5.88 Å². The Morgan fingerprint density at radius 1 is 1.73 bits per heavy atom. The van der Waals surface area contributed by atoms with Gasteiger partial charge in [0, 0.05) is 12.5 Å². The molecule has 1 aromatic heterocycles. The molecule has 0 aliphatic carbocycles. The van der Waals surface area contributed by atoms with Crippen LogP contribution in [-0.2, 0) is 11.3 Å². The lowest BCUT2D eigenvalue weighted by atomic mass is 10.1. The second-order valence-corrected chi connectivity index (χ2v) is 4.10. The van der Waals surface area contributed by atoms with E-state index >= 15 is 0 Å². The minimum absolute atomic E-state index is 0.0622. The maximum atomic E-state index is 5.69. The van der Waals surface area contributed by atoms with Crippen LogP contribution in [0.2, 0.25) is 0 Å². The van der Waals surface area contributed by atoms with Gasteiger partial charge in [-0.05, 0) is 13.8 Å². The van der Waals surface area contributed by atoms with Crippen LogP contribution in [0.25, 0.3) is 0 Å². The van der Waals surface area contributed by atoms with Crippen molar-refractivity contribution in [3.8, 4) is 5.88 Å². The highest BCUT2D eigenvalue weighted by Gasteiger charge is 2.23. The van der Waals surface area contributed by atoms with Crippen LogP contribution in [0, 0.1) is 5.92 Å². The van der Waals surface area contributed by atoms with Crippen LogP contribution in [0.3, 0.4) is 0 Å². The smallest absolute Gasteiger partial charge is 0.217 e. The molecular formula is C11H18N2O2. The average Bonchev–Trinajstić information content (AvgIpc) is 2.60. The van der Waals surface area contributed by atoms with Crippen LogP contribution in [0.1, 0.15) is 32.4 Å². The van der Waals surface area contributed by atoms with E-state index in [-0.39, 0.29) is 6.10 Å². The van der Waals surface area contributed by atoms with E-state index in [1.165, 1.54) is 0 Å². The summed E-state index contributed by atoms with van der Waals surface area (Å²) in [4.78, 5) is 0. The molecule has 0 saturated carbocycles. The third-order valence-electron chi connectivity index (χ3n) is 2.66. The van der Waals surface area contributed by atoms with Crippen LogP contribution in [0.5, 0.6) is 5.88 Å². The minimum Gasteiger partial charge on any atom is -0.477 e. The highest BCUT2D eigenvalue weighted by Crippen LogP contribution is 2.30. The van der Waals surface area contributed by atoms with Gasteiger partial charge in [0.05, 0.1) is 31.0 Å². The maximum Gasteiger partial charge on any atom is 0.217 e. The zero-order valence-corrected chi connectivity index (χ0v) is 9.56. The number of fused-ring (bicyclic) bond motifs is 1. The molecule has 0 fully saturated rings. The molecule has 0 saturated heterocycles. The second kappa shape index (κ2) is 4.23. The molecule has 2 heterocycles. The standard InChI is InChI=1S/C11H18N2O2/c1-4-14-9(3)10-5-12-13-6-8(2)7-15-11(10)13/h5,8-9H,4,6-7H2,1-3H3. The van der Waals surface area contributed by atoms with Gasteiger partial charge < -0.3 is 9.47 Å². The molecule has 1 aliphatic rings. The Morgan fingerprint density at radius 3 is 3.27 bits per heavy atom. The summed E-state index contributed by atoms with van der Waals surface area (Å²) in [5.74, 6) is 1.42. The lowest BCUT2D eigenvalue weighted by Gasteiger charge is -2.22. The van der Waals surface area contributed by atoms with Crippen molar-refractivity contribution in [1.29, 1.82) is 0 Å². The molecule has 0 bridgehead atoms. The number of ether oxygens (including phenoxy) is 2. The first-order valence-electron chi connectivity index (χ1n) is 5.52. The van der Waals surface area contributed by atoms with Gasteiger partial charge in [-0.15, -0.1) is 0 Å². The zero-order chi connectivity index (χ0) is 10.8. The van der Waals surface area contributed by atoms with Gasteiger partial charge in [-0.3, -0.25) is 0 Å². The molecule has 84 valence electrons. The first-order valence-corrected chi connectivity index (χ1v) is 5.52. The molecule has 2 atom stereocenters. The predicted octanol–water partition coefficient (Wildman–Crippen LogP) is 2.01. The topological polar surface area (TPSA) is 36.3 Å². The Hall–Kier alpha value is -1.03. The van der Waals surface area contributed by atoms with Crippen molar-refractivity contribution in [1.82, 2.24) is 9.78 Å². The predicted molar refractivity (Wildman–Crippen MR) is 56.9 cm³/mol. The first-order chi connectivity index (χ1) is 7.22. The Morgan fingerprint density at radius 2 is 2.53 bits per heavy atom. The van der Waals surface area contributed by atoms with E-state index in [0.717, 1.165) is 24.6 Å². The minimum atomic E-state index is 0.0622. The van der Waals surface area contributed by atoms with E-state index in [2.05, 4.69) is 12.0 Å². The Bertz CT molecular complexity index is 335. The average molecular weight is 210 g/mol. The van der Waals surface area contributed by atoms with Gasteiger partial charge >= 0.3 is 0 Å². The zero-order valence-electron chi connectivity index (χ0n) is 9.56. The molecule has 15 heavy (non-hydrogen) atoms. The fourth-order valence-electron chi connectivity index (χ4n) is 1.86. The molecular weight excluding hydrogens is 192 g/mol. The molecule has 0 spiro atoms. The summed E-state index contributed by atoms with van der Waals surface area (Å²) in [6.45, 7) is 8.61. The number of nitrogens with zero attached hydrogens (tertiary/aromatic N) is 2. The Balaban J connectivity index is 2.20. The molecule has 2 unspecified atom stereocenters. The van der Waals surface area contributed by atoms with E-state index in [4.69, 9.17) is 9.47 Å². The lowest BCUT2D eigenvalue weighted by Crippen LogP contribution is -2.24. The number of aromatic nitrogens is 2. The van der Waals surface area contributed by atoms with Crippen molar-refractivity contribution in [2.24, 2.45) is 5.92 Å².